The molecule has 0 radical (unpaired) electrons. The molecule has 3 aromatic rings. The molecule has 0 spiro atoms. The van der Waals surface area contributed by atoms with Crippen LogP contribution in [0.5, 0.6) is 23.0 Å². The summed E-state index contributed by atoms with van der Waals surface area (Å²) in [6.45, 7) is 4.73. The fourth-order valence-corrected chi connectivity index (χ4v) is 3.10. The van der Waals surface area contributed by atoms with Crippen LogP contribution in [0.3, 0.4) is 0 Å². The second kappa shape index (κ2) is 10.4. The van der Waals surface area contributed by atoms with Gasteiger partial charge in [-0.2, -0.15) is 0 Å². The van der Waals surface area contributed by atoms with E-state index in [9.17, 15) is 4.79 Å². The monoisotopic (exact) mass is 421 g/mol. The molecule has 1 N–H and O–H groups in total. The summed E-state index contributed by atoms with van der Waals surface area (Å²) in [6.07, 6.45) is 0. The minimum Gasteiger partial charge on any atom is -0.497 e. The van der Waals surface area contributed by atoms with Gasteiger partial charge in [-0.1, -0.05) is 12.1 Å². The molecular weight excluding hydrogens is 394 g/mol. The maximum atomic E-state index is 12.9. The minimum atomic E-state index is -0.272. The third-order valence-corrected chi connectivity index (χ3v) is 4.66. The fraction of sp³-hybridized carbons (Fsp3) is 0.240. The number of benzene rings is 3. The molecular formula is C25H27NO5. The van der Waals surface area contributed by atoms with Crippen molar-refractivity contribution in [2.75, 3.05) is 26.1 Å². The van der Waals surface area contributed by atoms with E-state index in [2.05, 4.69) is 5.32 Å². The van der Waals surface area contributed by atoms with Gasteiger partial charge >= 0.3 is 0 Å². The van der Waals surface area contributed by atoms with Crippen molar-refractivity contribution in [3.8, 4) is 23.0 Å². The quantitative estimate of drug-likeness (QED) is 0.512. The number of amides is 1. The summed E-state index contributed by atoms with van der Waals surface area (Å²) >= 11 is 0. The van der Waals surface area contributed by atoms with Crippen molar-refractivity contribution >= 4 is 11.6 Å². The van der Waals surface area contributed by atoms with Gasteiger partial charge in [0.2, 0.25) is 0 Å². The van der Waals surface area contributed by atoms with Gasteiger partial charge in [-0.25, -0.2) is 0 Å². The highest BCUT2D eigenvalue weighted by molar-refractivity contribution is 6.05. The Hall–Kier alpha value is -3.67. The Labute approximate surface area is 182 Å². The van der Waals surface area contributed by atoms with Crippen molar-refractivity contribution < 1.29 is 23.7 Å². The lowest BCUT2D eigenvalue weighted by Crippen LogP contribution is -2.14. The normalized spacial score (nSPS) is 10.3. The van der Waals surface area contributed by atoms with Crippen LogP contribution in [0, 0.1) is 6.92 Å². The zero-order chi connectivity index (χ0) is 22.2. The Morgan fingerprint density at radius 3 is 2.39 bits per heavy atom. The summed E-state index contributed by atoms with van der Waals surface area (Å²) in [7, 11) is 3.12. The molecule has 1 amide bonds. The molecule has 6 heteroatoms. The van der Waals surface area contributed by atoms with Crippen LogP contribution in [0.15, 0.2) is 60.7 Å². The molecule has 3 rings (SSSR count). The van der Waals surface area contributed by atoms with E-state index in [0.29, 0.717) is 35.1 Å². The molecule has 0 atom stereocenters. The Balaban J connectivity index is 1.82. The number of nitrogens with one attached hydrogen (secondary N) is 1. The number of aryl methyl sites for hydroxylation is 1. The van der Waals surface area contributed by atoms with Crippen LogP contribution in [-0.2, 0) is 6.61 Å². The lowest BCUT2D eigenvalue weighted by molar-refractivity contribution is 0.102. The topological polar surface area (TPSA) is 66.0 Å². The van der Waals surface area contributed by atoms with Crippen LogP contribution in [0.25, 0.3) is 0 Å². The number of hydrogen-bond acceptors (Lipinski definition) is 5. The molecule has 0 aliphatic rings. The first-order valence-electron chi connectivity index (χ1n) is 10.0. The first-order chi connectivity index (χ1) is 15.0. The zero-order valence-corrected chi connectivity index (χ0v) is 18.2. The van der Waals surface area contributed by atoms with Crippen molar-refractivity contribution in [2.45, 2.75) is 20.5 Å². The highest BCUT2D eigenvalue weighted by atomic mass is 16.5. The van der Waals surface area contributed by atoms with E-state index in [1.54, 1.807) is 50.6 Å². The van der Waals surface area contributed by atoms with Gasteiger partial charge in [-0.05, 0) is 61.9 Å². The largest absolute Gasteiger partial charge is 0.497 e. The highest BCUT2D eigenvalue weighted by Gasteiger charge is 2.14. The number of hydrogen-bond donors (Lipinski definition) is 1. The van der Waals surface area contributed by atoms with Crippen LogP contribution in [0.1, 0.15) is 28.4 Å². The van der Waals surface area contributed by atoms with E-state index >= 15 is 0 Å². The number of carbonyl (C=O) groups excluding carboxylic acids is 1. The molecule has 0 heterocycles. The highest BCUT2D eigenvalue weighted by Crippen LogP contribution is 2.30. The Morgan fingerprint density at radius 1 is 0.871 bits per heavy atom. The number of anilines is 1. The summed E-state index contributed by atoms with van der Waals surface area (Å²) < 4.78 is 22.2. The van der Waals surface area contributed by atoms with Crippen LogP contribution in [0.4, 0.5) is 5.69 Å². The van der Waals surface area contributed by atoms with Gasteiger partial charge in [-0.3, -0.25) is 4.79 Å². The maximum Gasteiger partial charge on any atom is 0.255 e. The number of ether oxygens (including phenoxy) is 4. The predicted molar refractivity (Wildman–Crippen MR) is 121 cm³/mol. The summed E-state index contributed by atoms with van der Waals surface area (Å²) in [6, 6.07) is 18.3. The Kier molecular flexibility index (Phi) is 7.38. The third kappa shape index (κ3) is 5.69. The van der Waals surface area contributed by atoms with E-state index in [1.165, 1.54) is 0 Å². The molecule has 0 saturated heterocycles. The van der Waals surface area contributed by atoms with Crippen molar-refractivity contribution in [1.82, 2.24) is 0 Å². The molecule has 0 bridgehead atoms. The lowest BCUT2D eigenvalue weighted by Gasteiger charge is -2.15. The number of methoxy groups -OCH3 is 2. The molecule has 0 unspecified atom stereocenters. The van der Waals surface area contributed by atoms with Crippen molar-refractivity contribution in [2.24, 2.45) is 0 Å². The molecule has 6 nitrogen and oxygen atoms in total. The van der Waals surface area contributed by atoms with Crippen LogP contribution >= 0.6 is 0 Å². The van der Waals surface area contributed by atoms with Gasteiger partial charge in [-0.15, -0.1) is 0 Å². The standard InChI is InChI=1S/C25H27NO5/c1-5-30-23-11-9-18(14-19(23)16-31-21-8-6-7-17(2)13-21)25(27)26-22-15-20(28-3)10-12-24(22)29-4/h6-15H,5,16H2,1-4H3,(H,26,27). The van der Waals surface area contributed by atoms with E-state index in [0.717, 1.165) is 16.9 Å². The molecule has 3 aromatic carbocycles. The SMILES string of the molecule is CCOc1ccc(C(=O)Nc2cc(OC)ccc2OC)cc1COc1cccc(C)c1. The van der Waals surface area contributed by atoms with E-state index in [-0.39, 0.29) is 12.5 Å². The molecule has 0 aliphatic carbocycles. The van der Waals surface area contributed by atoms with Crippen LogP contribution in [-0.4, -0.2) is 26.7 Å². The molecule has 0 aromatic heterocycles. The average Bonchev–Trinajstić information content (AvgIpc) is 2.78. The molecule has 31 heavy (non-hydrogen) atoms. The Bertz CT molecular complexity index is 1050. The summed E-state index contributed by atoms with van der Waals surface area (Å²) in [4.78, 5) is 12.9. The zero-order valence-electron chi connectivity index (χ0n) is 18.2. The van der Waals surface area contributed by atoms with Gasteiger partial charge < -0.3 is 24.3 Å². The maximum absolute atomic E-state index is 12.9. The molecule has 0 aliphatic heterocycles. The lowest BCUT2D eigenvalue weighted by atomic mass is 10.1. The third-order valence-electron chi connectivity index (χ3n) is 4.66. The number of carbonyl (C=O) groups is 1. The van der Waals surface area contributed by atoms with Gasteiger partial charge in [0.05, 0.1) is 26.5 Å². The average molecular weight is 421 g/mol. The summed E-state index contributed by atoms with van der Waals surface area (Å²) in [5, 5.41) is 2.89. The molecule has 162 valence electrons. The van der Waals surface area contributed by atoms with Gasteiger partial charge in [0, 0.05) is 17.2 Å². The van der Waals surface area contributed by atoms with Gasteiger partial charge in [0.25, 0.3) is 5.91 Å². The smallest absolute Gasteiger partial charge is 0.255 e. The van der Waals surface area contributed by atoms with Gasteiger partial charge in [0.15, 0.2) is 0 Å². The van der Waals surface area contributed by atoms with Crippen LogP contribution < -0.4 is 24.3 Å². The van der Waals surface area contributed by atoms with E-state index in [1.807, 2.05) is 38.1 Å². The van der Waals surface area contributed by atoms with Crippen molar-refractivity contribution in [1.29, 1.82) is 0 Å². The second-order valence-corrected chi connectivity index (χ2v) is 6.88. The van der Waals surface area contributed by atoms with Crippen molar-refractivity contribution in [3.63, 3.8) is 0 Å². The summed E-state index contributed by atoms with van der Waals surface area (Å²) in [5.74, 6) is 2.34. The fourth-order valence-electron chi connectivity index (χ4n) is 3.10. The first kappa shape index (κ1) is 22.0. The molecule has 0 fully saturated rings. The molecule has 0 saturated carbocycles. The van der Waals surface area contributed by atoms with E-state index < -0.39 is 0 Å². The predicted octanol–water partition coefficient (Wildman–Crippen LogP) is 5.24. The van der Waals surface area contributed by atoms with E-state index in [4.69, 9.17) is 18.9 Å². The van der Waals surface area contributed by atoms with Gasteiger partial charge in [0.1, 0.15) is 29.6 Å². The summed E-state index contributed by atoms with van der Waals surface area (Å²) in [5.41, 5.74) is 2.91. The van der Waals surface area contributed by atoms with Crippen molar-refractivity contribution in [3.05, 3.63) is 77.4 Å². The minimum absolute atomic E-state index is 0.272. The first-order valence-corrected chi connectivity index (χ1v) is 10.0. The second-order valence-electron chi connectivity index (χ2n) is 6.88. The van der Waals surface area contributed by atoms with Crippen LogP contribution in [0.2, 0.25) is 0 Å². The number of rotatable bonds is 9. The Morgan fingerprint density at radius 2 is 1.68 bits per heavy atom.